The van der Waals surface area contributed by atoms with E-state index >= 15 is 0 Å². The molecule has 0 aliphatic rings. The largest absolute Gasteiger partial charge is 0.504 e. The van der Waals surface area contributed by atoms with Crippen LogP contribution in [0, 0.1) is 4.91 Å². The van der Waals surface area contributed by atoms with E-state index in [-0.39, 0.29) is 11.9 Å². The minimum Gasteiger partial charge on any atom is -0.504 e. The molecule has 2 rings (SSSR count). The van der Waals surface area contributed by atoms with Crippen LogP contribution in [0.3, 0.4) is 0 Å². The molecular weight excluding hydrogens is 427 g/mol. The number of benzene rings is 2. The molecule has 0 aromatic heterocycles. The van der Waals surface area contributed by atoms with Crippen molar-refractivity contribution in [1.82, 2.24) is 5.32 Å². The minimum atomic E-state index is -3.85. The van der Waals surface area contributed by atoms with Gasteiger partial charge in [-0.3, -0.25) is 4.57 Å². The van der Waals surface area contributed by atoms with Crippen LogP contribution in [0.1, 0.15) is 57.4 Å². The van der Waals surface area contributed by atoms with Gasteiger partial charge in [0.1, 0.15) is 0 Å². The second-order valence-corrected chi connectivity index (χ2v) is 9.94. The fourth-order valence-corrected chi connectivity index (χ4v) is 4.03. The van der Waals surface area contributed by atoms with Crippen molar-refractivity contribution in [3.05, 3.63) is 52.9 Å². The van der Waals surface area contributed by atoms with Gasteiger partial charge in [0.15, 0.2) is 11.5 Å². The summed E-state index contributed by atoms with van der Waals surface area (Å²) in [5.74, 6) is 0.658. The molecule has 0 radical (unpaired) electrons. The summed E-state index contributed by atoms with van der Waals surface area (Å²) in [5, 5.41) is 13.5. The molecule has 1 unspecified atom stereocenters. The van der Waals surface area contributed by atoms with Gasteiger partial charge in [-0.15, -0.1) is 4.91 Å². The molecule has 176 valence electrons. The lowest BCUT2D eigenvalue weighted by Crippen LogP contribution is -2.15. The highest BCUT2D eigenvalue weighted by Gasteiger charge is 2.17. The van der Waals surface area contributed by atoms with E-state index in [0.29, 0.717) is 31.9 Å². The molecule has 0 heterocycles. The molecule has 32 heavy (non-hydrogen) atoms. The molecule has 0 fully saturated rings. The number of rotatable bonds is 16. The zero-order chi connectivity index (χ0) is 23.2. The van der Waals surface area contributed by atoms with Gasteiger partial charge in [-0.25, -0.2) is 0 Å². The van der Waals surface area contributed by atoms with Gasteiger partial charge < -0.3 is 20.1 Å². The van der Waals surface area contributed by atoms with Crippen molar-refractivity contribution in [2.75, 3.05) is 19.3 Å². The standard InChI is InChI=1S/C24H35N2O5P/c1-2-3-4-5-6-7-16-31-24-14-13-22(18-23(24)27)21-11-9-20(10-12-21)19-25-15-8-17-32(29,30)26-28/h9-14,18,25,27H,2-8,15-17,19H2,1H3,(H,29,30). The Morgan fingerprint density at radius 3 is 2.34 bits per heavy atom. The molecule has 1 atom stereocenters. The van der Waals surface area contributed by atoms with Crippen molar-refractivity contribution in [3.63, 3.8) is 0 Å². The average molecular weight is 463 g/mol. The van der Waals surface area contributed by atoms with Gasteiger partial charge in [-0.05, 0) is 48.2 Å². The summed E-state index contributed by atoms with van der Waals surface area (Å²) >= 11 is 0. The molecule has 0 aliphatic heterocycles. The van der Waals surface area contributed by atoms with Crippen LogP contribution < -0.4 is 10.1 Å². The molecule has 7 nitrogen and oxygen atoms in total. The fraction of sp³-hybridized carbons (Fsp3) is 0.500. The van der Waals surface area contributed by atoms with Gasteiger partial charge in [-0.2, -0.15) is 0 Å². The minimum absolute atomic E-state index is 0.107. The van der Waals surface area contributed by atoms with Crippen LogP contribution >= 0.6 is 7.52 Å². The Bertz CT molecular complexity index is 873. The first-order valence-electron chi connectivity index (χ1n) is 11.4. The number of nitrogens with one attached hydrogen (secondary N) is 1. The third-order valence-corrected chi connectivity index (χ3v) is 6.42. The normalized spacial score (nSPS) is 12.9. The summed E-state index contributed by atoms with van der Waals surface area (Å²) in [6.07, 6.45) is 7.48. The molecule has 0 aliphatic carbocycles. The summed E-state index contributed by atoms with van der Waals surface area (Å²) < 4.78 is 16.9. The first-order chi connectivity index (χ1) is 15.4. The highest BCUT2D eigenvalue weighted by atomic mass is 31.2. The summed E-state index contributed by atoms with van der Waals surface area (Å²) in [6.45, 7) is 3.96. The van der Waals surface area contributed by atoms with E-state index in [1.54, 1.807) is 6.07 Å². The second kappa shape index (κ2) is 14.0. The van der Waals surface area contributed by atoms with Crippen LogP contribution in [-0.2, 0) is 11.1 Å². The number of aromatic hydroxyl groups is 1. The maximum atomic E-state index is 11.2. The molecule has 0 saturated heterocycles. The first kappa shape index (κ1) is 26.0. The van der Waals surface area contributed by atoms with Crippen molar-refractivity contribution >= 4 is 7.52 Å². The van der Waals surface area contributed by atoms with Crippen LogP contribution in [0.5, 0.6) is 11.5 Å². The summed E-state index contributed by atoms with van der Waals surface area (Å²) in [4.78, 5) is 21.6. The van der Waals surface area contributed by atoms with Crippen LogP contribution in [0.25, 0.3) is 11.1 Å². The molecular formula is C24H35N2O5P. The highest BCUT2D eigenvalue weighted by Crippen LogP contribution is 2.41. The van der Waals surface area contributed by atoms with Crippen LogP contribution in [0.2, 0.25) is 0 Å². The van der Waals surface area contributed by atoms with Gasteiger partial charge in [0.05, 0.1) is 6.61 Å². The van der Waals surface area contributed by atoms with Crippen LogP contribution in [-0.4, -0.2) is 29.3 Å². The lowest BCUT2D eigenvalue weighted by Gasteiger charge is -2.11. The quantitative estimate of drug-likeness (QED) is 0.155. The monoisotopic (exact) mass is 462 g/mol. The van der Waals surface area contributed by atoms with Crippen LogP contribution in [0.4, 0.5) is 0 Å². The molecule has 3 N–H and O–H groups in total. The highest BCUT2D eigenvalue weighted by molar-refractivity contribution is 7.56. The van der Waals surface area contributed by atoms with Gasteiger partial charge >= 0.3 is 7.52 Å². The van der Waals surface area contributed by atoms with E-state index in [9.17, 15) is 14.6 Å². The predicted molar refractivity (Wildman–Crippen MR) is 129 cm³/mol. The molecule has 0 saturated carbocycles. The number of phenolic OH excluding ortho intramolecular Hbond substituents is 1. The van der Waals surface area contributed by atoms with Crippen molar-refractivity contribution in [2.24, 2.45) is 4.95 Å². The van der Waals surface area contributed by atoms with Crippen molar-refractivity contribution in [1.29, 1.82) is 0 Å². The zero-order valence-corrected chi connectivity index (χ0v) is 19.7. The molecule has 0 amide bonds. The lowest BCUT2D eigenvalue weighted by atomic mass is 10.0. The summed E-state index contributed by atoms with van der Waals surface area (Å²) in [7, 11) is -3.85. The van der Waals surface area contributed by atoms with Gasteiger partial charge in [-0.1, -0.05) is 69.4 Å². The third-order valence-electron chi connectivity index (χ3n) is 5.26. The smallest absolute Gasteiger partial charge is 0.350 e. The maximum absolute atomic E-state index is 11.2. The number of nitroso groups, excluding NO2 is 1. The Hall–Kier alpha value is -2.21. The zero-order valence-electron chi connectivity index (χ0n) is 18.8. The van der Waals surface area contributed by atoms with Crippen molar-refractivity contribution in [2.45, 2.75) is 58.4 Å². The van der Waals surface area contributed by atoms with E-state index in [0.717, 1.165) is 29.5 Å². The van der Waals surface area contributed by atoms with E-state index in [2.05, 4.69) is 17.2 Å². The predicted octanol–water partition coefficient (Wildman–Crippen LogP) is 6.23. The molecule has 8 heteroatoms. The number of ether oxygens (including phenoxy) is 1. The Balaban J connectivity index is 1.76. The third kappa shape index (κ3) is 9.51. The number of phenols is 1. The number of nitrogens with zero attached hydrogens (tertiary/aromatic N) is 1. The van der Waals surface area contributed by atoms with Gasteiger partial charge in [0, 0.05) is 17.7 Å². The number of hydrogen-bond donors (Lipinski definition) is 3. The molecule has 2 aromatic rings. The Labute approximate surface area is 190 Å². The van der Waals surface area contributed by atoms with Crippen LogP contribution in [0.15, 0.2) is 47.4 Å². The lowest BCUT2D eigenvalue weighted by molar-refractivity contribution is 0.289. The van der Waals surface area contributed by atoms with Crippen molar-refractivity contribution in [3.8, 4) is 22.6 Å². The molecule has 0 spiro atoms. The summed E-state index contributed by atoms with van der Waals surface area (Å²) in [6, 6.07) is 13.4. The van der Waals surface area contributed by atoms with Crippen molar-refractivity contribution < 1.29 is 19.3 Å². The second-order valence-electron chi connectivity index (χ2n) is 8.00. The topological polar surface area (TPSA) is 108 Å². The van der Waals surface area contributed by atoms with E-state index in [1.807, 2.05) is 36.4 Å². The van der Waals surface area contributed by atoms with Gasteiger partial charge in [0.25, 0.3) is 0 Å². The fourth-order valence-electron chi connectivity index (χ4n) is 3.38. The average Bonchev–Trinajstić information content (AvgIpc) is 2.79. The molecule has 0 bridgehead atoms. The first-order valence-corrected chi connectivity index (χ1v) is 13.2. The van der Waals surface area contributed by atoms with E-state index in [4.69, 9.17) is 9.63 Å². The Kier molecular flexibility index (Phi) is 11.4. The Morgan fingerprint density at radius 1 is 0.969 bits per heavy atom. The maximum Gasteiger partial charge on any atom is 0.350 e. The Morgan fingerprint density at radius 2 is 1.66 bits per heavy atom. The van der Waals surface area contributed by atoms with E-state index in [1.165, 1.54) is 25.7 Å². The SMILES string of the molecule is CCCCCCCCOc1ccc(-c2ccc(CNCCCP(=O)(O)N=O)cc2)cc1O. The number of unbranched alkanes of at least 4 members (excludes halogenated alkanes) is 5. The van der Waals surface area contributed by atoms with E-state index < -0.39 is 7.52 Å². The molecule has 2 aromatic carbocycles. The van der Waals surface area contributed by atoms with Gasteiger partial charge in [0.2, 0.25) is 0 Å². The number of hydrogen-bond acceptors (Lipinski definition) is 5. The summed E-state index contributed by atoms with van der Waals surface area (Å²) in [5.41, 5.74) is 2.97.